The Kier molecular flexibility index (Phi) is 5.98. The highest BCUT2D eigenvalue weighted by molar-refractivity contribution is 7.89. The Morgan fingerprint density at radius 2 is 1.78 bits per heavy atom. The molecule has 2 aromatic rings. The number of benzene rings is 2. The first-order valence-corrected chi connectivity index (χ1v) is 10.2. The first-order chi connectivity index (χ1) is 13.0. The monoisotopic (exact) mass is 390 g/mol. The molecule has 3 rings (SSSR count). The number of hydrogen-bond acceptors (Lipinski definition) is 5. The smallest absolute Gasteiger partial charge is 0.240 e. The number of carbonyl (C=O) groups excluding carboxylic acids is 1. The summed E-state index contributed by atoms with van der Waals surface area (Å²) < 4.78 is 38.0. The van der Waals surface area contributed by atoms with Crippen molar-refractivity contribution in [2.45, 2.75) is 24.3 Å². The second-order valence-electron chi connectivity index (χ2n) is 6.15. The molecule has 1 aliphatic rings. The molecule has 0 fully saturated rings. The lowest BCUT2D eigenvalue weighted by molar-refractivity contribution is -0.121. The predicted molar refractivity (Wildman–Crippen MR) is 100 cm³/mol. The maximum absolute atomic E-state index is 12.4. The first-order valence-electron chi connectivity index (χ1n) is 8.69. The molecule has 27 heavy (non-hydrogen) atoms. The zero-order chi connectivity index (χ0) is 19.3. The lowest BCUT2D eigenvalue weighted by Gasteiger charge is -2.19. The van der Waals surface area contributed by atoms with Crippen LogP contribution in [-0.2, 0) is 14.8 Å². The van der Waals surface area contributed by atoms with Gasteiger partial charge in [0.1, 0.15) is 13.2 Å². The van der Waals surface area contributed by atoms with Crippen LogP contribution >= 0.6 is 0 Å². The molecule has 144 valence electrons. The van der Waals surface area contributed by atoms with Crippen LogP contribution in [0.5, 0.6) is 11.5 Å². The van der Waals surface area contributed by atoms with Crippen LogP contribution in [-0.4, -0.2) is 34.1 Å². The van der Waals surface area contributed by atoms with Crippen molar-refractivity contribution in [3.05, 3.63) is 54.1 Å². The van der Waals surface area contributed by atoms with Crippen LogP contribution in [0, 0.1) is 0 Å². The normalized spacial score (nSPS) is 14.4. The molecule has 0 radical (unpaired) electrons. The van der Waals surface area contributed by atoms with E-state index in [1.165, 1.54) is 12.1 Å². The minimum absolute atomic E-state index is 0.00409. The summed E-state index contributed by atoms with van der Waals surface area (Å²) in [7, 11) is -3.74. The number of rotatable bonds is 7. The molecule has 2 aromatic carbocycles. The van der Waals surface area contributed by atoms with Crippen LogP contribution in [0.2, 0.25) is 0 Å². The number of fused-ring (bicyclic) bond motifs is 1. The molecule has 0 aromatic heterocycles. The fraction of sp³-hybridized carbons (Fsp3) is 0.316. The van der Waals surface area contributed by atoms with E-state index in [0.717, 1.165) is 5.56 Å². The number of ether oxygens (including phenoxy) is 2. The van der Waals surface area contributed by atoms with Crippen molar-refractivity contribution in [3.8, 4) is 11.5 Å². The second kappa shape index (κ2) is 8.41. The fourth-order valence-corrected chi connectivity index (χ4v) is 3.76. The maximum atomic E-state index is 12.4. The molecule has 1 aliphatic heterocycles. The average Bonchev–Trinajstić information content (AvgIpc) is 2.68. The Bertz CT molecular complexity index is 900. The number of hydrogen-bond donors (Lipinski definition) is 2. The van der Waals surface area contributed by atoms with Gasteiger partial charge in [-0.05, 0) is 24.6 Å². The zero-order valence-electron chi connectivity index (χ0n) is 15.0. The van der Waals surface area contributed by atoms with E-state index in [9.17, 15) is 13.2 Å². The van der Waals surface area contributed by atoms with Gasteiger partial charge in [-0.2, -0.15) is 0 Å². The minimum atomic E-state index is -3.74. The van der Waals surface area contributed by atoms with Crippen molar-refractivity contribution >= 4 is 15.9 Å². The molecular formula is C19H22N2O5S. The molecular weight excluding hydrogens is 368 g/mol. The highest BCUT2D eigenvalue weighted by Gasteiger charge is 2.19. The lowest BCUT2D eigenvalue weighted by Crippen LogP contribution is -2.32. The van der Waals surface area contributed by atoms with Crippen LogP contribution in [0.15, 0.2) is 53.4 Å². The van der Waals surface area contributed by atoms with Crippen LogP contribution in [0.3, 0.4) is 0 Å². The molecule has 0 saturated carbocycles. The van der Waals surface area contributed by atoms with E-state index in [2.05, 4.69) is 10.0 Å². The molecule has 1 heterocycles. The summed E-state index contributed by atoms with van der Waals surface area (Å²) in [6.07, 6.45) is 0.0426. The van der Waals surface area contributed by atoms with Gasteiger partial charge in [-0.15, -0.1) is 0 Å². The Labute approximate surface area is 158 Å². The molecule has 1 amide bonds. The van der Waals surface area contributed by atoms with Crippen molar-refractivity contribution in [2.75, 3.05) is 19.8 Å². The maximum Gasteiger partial charge on any atom is 0.240 e. The fourth-order valence-electron chi connectivity index (χ4n) is 2.71. The van der Waals surface area contributed by atoms with Crippen molar-refractivity contribution in [1.82, 2.24) is 10.0 Å². The van der Waals surface area contributed by atoms with Crippen LogP contribution in [0.4, 0.5) is 0 Å². The predicted octanol–water partition coefficient (Wildman–Crippen LogP) is 2.00. The molecule has 0 unspecified atom stereocenters. The van der Waals surface area contributed by atoms with Crippen molar-refractivity contribution in [1.29, 1.82) is 0 Å². The SMILES string of the molecule is C[C@H](NC(=O)CCNS(=O)(=O)c1ccc2c(c1)OCCO2)c1ccccc1. The molecule has 0 aliphatic carbocycles. The third kappa shape index (κ3) is 4.99. The average molecular weight is 390 g/mol. The standard InChI is InChI=1S/C19H22N2O5S/c1-14(15-5-3-2-4-6-15)21-19(22)9-10-20-27(23,24)16-7-8-17-18(13-16)26-12-11-25-17/h2-8,13-14,20H,9-12H2,1H3,(H,21,22)/t14-/m0/s1. The zero-order valence-corrected chi connectivity index (χ0v) is 15.8. The largest absolute Gasteiger partial charge is 0.486 e. The molecule has 2 N–H and O–H groups in total. The molecule has 8 heteroatoms. The van der Waals surface area contributed by atoms with Gasteiger partial charge in [0.25, 0.3) is 0 Å². The van der Waals surface area contributed by atoms with Gasteiger partial charge >= 0.3 is 0 Å². The number of sulfonamides is 1. The third-order valence-corrected chi connectivity index (χ3v) is 5.60. The Morgan fingerprint density at radius 1 is 1.07 bits per heavy atom. The Hall–Kier alpha value is -2.58. The van der Waals surface area contributed by atoms with Crippen LogP contribution in [0.25, 0.3) is 0 Å². The second-order valence-corrected chi connectivity index (χ2v) is 7.92. The summed E-state index contributed by atoms with van der Waals surface area (Å²) in [5.41, 5.74) is 0.989. The quantitative estimate of drug-likeness (QED) is 0.754. The van der Waals surface area contributed by atoms with Gasteiger partial charge < -0.3 is 14.8 Å². The van der Waals surface area contributed by atoms with Gasteiger partial charge in [0.2, 0.25) is 15.9 Å². The molecule has 7 nitrogen and oxygen atoms in total. The Balaban J connectivity index is 1.52. The van der Waals surface area contributed by atoms with E-state index in [1.54, 1.807) is 6.07 Å². The van der Waals surface area contributed by atoms with E-state index in [4.69, 9.17) is 9.47 Å². The summed E-state index contributed by atoms with van der Waals surface area (Å²) >= 11 is 0. The lowest BCUT2D eigenvalue weighted by atomic mass is 10.1. The summed E-state index contributed by atoms with van der Waals surface area (Å²) in [4.78, 5) is 12.1. The summed E-state index contributed by atoms with van der Waals surface area (Å²) in [6, 6.07) is 13.9. The molecule has 0 bridgehead atoms. The van der Waals surface area contributed by atoms with Crippen molar-refractivity contribution in [2.24, 2.45) is 0 Å². The highest BCUT2D eigenvalue weighted by atomic mass is 32.2. The molecule has 0 spiro atoms. The van der Waals surface area contributed by atoms with E-state index >= 15 is 0 Å². The van der Waals surface area contributed by atoms with Gasteiger partial charge in [0.05, 0.1) is 10.9 Å². The van der Waals surface area contributed by atoms with E-state index in [1.807, 2.05) is 37.3 Å². The number of amides is 1. The van der Waals surface area contributed by atoms with Gasteiger partial charge in [0, 0.05) is 19.0 Å². The van der Waals surface area contributed by atoms with Crippen molar-refractivity contribution in [3.63, 3.8) is 0 Å². The van der Waals surface area contributed by atoms with Crippen molar-refractivity contribution < 1.29 is 22.7 Å². The Morgan fingerprint density at radius 3 is 2.52 bits per heavy atom. The van der Waals surface area contributed by atoms with Crippen LogP contribution in [0.1, 0.15) is 24.9 Å². The van der Waals surface area contributed by atoms with Gasteiger partial charge in [-0.1, -0.05) is 30.3 Å². The first kappa shape index (κ1) is 19.2. The molecule has 1 atom stereocenters. The summed E-state index contributed by atoms with van der Waals surface area (Å²) in [5.74, 6) is 0.698. The van der Waals surface area contributed by atoms with Gasteiger partial charge in [-0.25, -0.2) is 13.1 Å². The van der Waals surface area contributed by atoms with Gasteiger partial charge in [0.15, 0.2) is 11.5 Å². The van der Waals surface area contributed by atoms with Gasteiger partial charge in [-0.3, -0.25) is 4.79 Å². The van der Waals surface area contributed by atoms with E-state index in [-0.39, 0.29) is 29.8 Å². The van der Waals surface area contributed by atoms with E-state index in [0.29, 0.717) is 24.7 Å². The number of carbonyl (C=O) groups is 1. The van der Waals surface area contributed by atoms with E-state index < -0.39 is 10.0 Å². The summed E-state index contributed by atoms with van der Waals surface area (Å²) in [6.45, 7) is 2.70. The third-order valence-electron chi connectivity index (χ3n) is 4.15. The number of nitrogens with one attached hydrogen (secondary N) is 2. The summed E-state index contributed by atoms with van der Waals surface area (Å²) in [5, 5.41) is 2.85. The van der Waals surface area contributed by atoms with Crippen LogP contribution < -0.4 is 19.5 Å². The minimum Gasteiger partial charge on any atom is -0.486 e. The molecule has 0 saturated heterocycles. The highest BCUT2D eigenvalue weighted by Crippen LogP contribution is 2.32. The topological polar surface area (TPSA) is 93.7 Å².